The van der Waals surface area contributed by atoms with E-state index in [1.165, 1.54) is 47.8 Å². The second-order valence-corrected chi connectivity index (χ2v) is 13.4. The van der Waals surface area contributed by atoms with Crippen LogP contribution < -0.4 is 5.32 Å². The predicted octanol–water partition coefficient (Wildman–Crippen LogP) is 9.52. The molecule has 0 aromatic heterocycles. The molecule has 1 amide bonds. The number of likely N-dealkylation sites (tertiary alicyclic amines) is 1. The lowest BCUT2D eigenvalue weighted by molar-refractivity contribution is -0.126. The first-order chi connectivity index (χ1) is 23.1. The van der Waals surface area contributed by atoms with Crippen LogP contribution in [0.3, 0.4) is 0 Å². The van der Waals surface area contributed by atoms with Gasteiger partial charge < -0.3 is 10.1 Å². The number of hydrogen-bond donors (Lipinski definition) is 1. The number of ether oxygens (including phenoxy) is 1. The summed E-state index contributed by atoms with van der Waals surface area (Å²) >= 11 is 0. The molecule has 7 heteroatoms. The lowest BCUT2D eigenvalue weighted by Gasteiger charge is -2.32. The summed E-state index contributed by atoms with van der Waals surface area (Å²) in [6.45, 7) is 8.67. The first kappa shape index (κ1) is 37.0. The van der Waals surface area contributed by atoms with Gasteiger partial charge in [-0.05, 0) is 111 Å². The topological polar surface area (TPSA) is 58.6 Å². The van der Waals surface area contributed by atoms with Crippen molar-refractivity contribution < 1.29 is 24.5 Å². The molecule has 0 spiro atoms. The zero-order chi connectivity index (χ0) is 34.5. The highest BCUT2D eigenvalue weighted by Crippen LogP contribution is 2.39. The van der Waals surface area contributed by atoms with Crippen molar-refractivity contribution in [1.29, 1.82) is 0 Å². The fourth-order valence-electron chi connectivity index (χ4n) is 7.00. The van der Waals surface area contributed by atoms with Crippen molar-refractivity contribution in [2.75, 3.05) is 20.2 Å². The minimum Gasteiger partial charge on any atom is -0.471 e. The van der Waals surface area contributed by atoms with Crippen LogP contribution in [0.2, 0.25) is 0 Å². The van der Waals surface area contributed by atoms with Crippen LogP contribution in [0.5, 0.6) is 0 Å². The lowest BCUT2D eigenvalue weighted by atomic mass is 9.85. The highest BCUT2D eigenvalue weighted by atomic mass is 19.3. The Morgan fingerprint density at radius 1 is 1.02 bits per heavy atom. The number of nitrogens with one attached hydrogen (secondary N) is 1. The molecule has 1 aliphatic heterocycles. The van der Waals surface area contributed by atoms with Gasteiger partial charge in [0, 0.05) is 45.2 Å². The number of nitrogens with zero attached hydrogens (tertiary/aromatic N) is 1. The van der Waals surface area contributed by atoms with E-state index in [0.29, 0.717) is 12.4 Å². The Morgan fingerprint density at radius 2 is 1.71 bits per heavy atom. The molecule has 0 saturated carbocycles. The van der Waals surface area contributed by atoms with E-state index in [1.807, 2.05) is 18.2 Å². The summed E-state index contributed by atoms with van der Waals surface area (Å²) in [5.41, 5.74) is 8.62. The molecule has 0 bridgehead atoms. The monoisotopic (exact) mass is 660 g/mol. The highest BCUT2D eigenvalue weighted by molar-refractivity contribution is 5.95. The molecular formula is C41H54F2N2O3. The molecule has 1 aliphatic carbocycles. The van der Waals surface area contributed by atoms with Crippen LogP contribution >= 0.6 is 0 Å². The molecule has 5 nitrogen and oxygen atoms in total. The Bertz CT molecular complexity index is 1500. The molecule has 1 heterocycles. The number of methoxy groups -OCH3 is 1. The average Bonchev–Trinajstić information content (AvgIpc) is 3.31. The number of aryl methyl sites for hydroxylation is 2. The van der Waals surface area contributed by atoms with Crippen LogP contribution in [0, 0.1) is 12.8 Å². The Hall–Kier alpha value is -3.84. The third-order valence-corrected chi connectivity index (χ3v) is 9.83. The van der Waals surface area contributed by atoms with E-state index in [9.17, 15) is 13.6 Å². The van der Waals surface area contributed by atoms with E-state index in [1.54, 1.807) is 12.1 Å². The maximum absolute atomic E-state index is 13.7. The minimum atomic E-state index is -2.81. The maximum Gasteiger partial charge on any atom is 0.292 e. The second-order valence-electron chi connectivity index (χ2n) is 13.4. The third-order valence-electron chi connectivity index (χ3n) is 9.83. The fraction of sp³-hybridized carbons (Fsp3) is 0.463. The van der Waals surface area contributed by atoms with Gasteiger partial charge in [-0.3, -0.25) is 14.5 Å². The molecule has 3 aromatic carbocycles. The summed E-state index contributed by atoms with van der Waals surface area (Å²) in [6.07, 6.45) is 9.31. The van der Waals surface area contributed by atoms with Crippen molar-refractivity contribution in [2.24, 2.45) is 5.92 Å². The first-order valence-electron chi connectivity index (χ1n) is 17.4. The molecule has 0 radical (unpaired) electrons. The van der Waals surface area contributed by atoms with Gasteiger partial charge in [0.15, 0.2) is 0 Å². The quantitative estimate of drug-likeness (QED) is 0.208. The SMILES string of the molecule is CCC1=C(c2cc(C(=O)NC3CCN(Cc4ccccc4)CC3)ccc2C)CC(CCc2ccc(C(C)(F)F)cc2)CCC1.COC=O.[HH]. The van der Waals surface area contributed by atoms with Crippen LogP contribution in [0.15, 0.2) is 78.4 Å². The van der Waals surface area contributed by atoms with E-state index in [4.69, 9.17) is 4.79 Å². The van der Waals surface area contributed by atoms with Crippen molar-refractivity contribution in [2.45, 2.75) is 97.1 Å². The van der Waals surface area contributed by atoms with Crippen LogP contribution in [-0.4, -0.2) is 43.5 Å². The number of piperidine rings is 1. The Morgan fingerprint density at radius 3 is 2.33 bits per heavy atom. The average molecular weight is 661 g/mol. The van der Waals surface area contributed by atoms with E-state index >= 15 is 0 Å². The van der Waals surface area contributed by atoms with Crippen molar-refractivity contribution in [3.05, 3.63) is 112 Å². The summed E-state index contributed by atoms with van der Waals surface area (Å²) < 4.78 is 31.2. The van der Waals surface area contributed by atoms with Gasteiger partial charge in [-0.15, -0.1) is 0 Å². The number of halogens is 2. The molecule has 1 N–H and O–H groups in total. The van der Waals surface area contributed by atoms with Crippen LogP contribution in [-0.2, 0) is 28.4 Å². The fourth-order valence-corrected chi connectivity index (χ4v) is 7.00. The van der Waals surface area contributed by atoms with Crippen molar-refractivity contribution >= 4 is 18.0 Å². The molecule has 5 rings (SSSR count). The van der Waals surface area contributed by atoms with Crippen LogP contribution in [0.4, 0.5) is 8.78 Å². The Kier molecular flexibility index (Phi) is 13.9. The van der Waals surface area contributed by atoms with E-state index in [0.717, 1.165) is 82.6 Å². The molecule has 1 atom stereocenters. The van der Waals surface area contributed by atoms with Crippen molar-refractivity contribution in [3.8, 4) is 0 Å². The highest BCUT2D eigenvalue weighted by Gasteiger charge is 2.25. The summed E-state index contributed by atoms with van der Waals surface area (Å²) in [5, 5.41) is 3.34. The summed E-state index contributed by atoms with van der Waals surface area (Å²) in [6, 6.07) is 23.8. The number of hydrogen-bond acceptors (Lipinski definition) is 4. The molecule has 1 unspecified atom stereocenters. The molecule has 260 valence electrons. The summed E-state index contributed by atoms with van der Waals surface area (Å²) in [7, 11) is 1.31. The van der Waals surface area contributed by atoms with Gasteiger partial charge in [0.05, 0.1) is 7.11 Å². The first-order valence-corrected chi connectivity index (χ1v) is 17.4. The van der Waals surface area contributed by atoms with E-state index in [2.05, 4.69) is 71.3 Å². The predicted molar refractivity (Wildman–Crippen MR) is 192 cm³/mol. The number of carbonyl (C=O) groups excluding carboxylic acids is 2. The standard InChI is InChI=1S/C39H48F2N2O.C2H4O2.H2/c1-4-32-12-8-11-30(15-14-29-16-19-34(20-17-29)39(3,40)41)25-37(32)36-26-33(18-13-28(36)2)38(44)42-35-21-23-43(24-22-35)27-31-9-6-5-7-10-31;1-4-2-3;/h5-7,9-10,13,16-20,26,30,35H,4,8,11-12,14-15,21-25,27H2,1-3H3,(H,42,44);2H,1H3;1H. The molecule has 2 aliphatic rings. The zero-order valence-corrected chi connectivity index (χ0v) is 29.1. The summed E-state index contributed by atoms with van der Waals surface area (Å²) in [5.74, 6) is -2.25. The number of rotatable bonds is 11. The van der Waals surface area contributed by atoms with Gasteiger partial charge in [-0.2, -0.15) is 0 Å². The molecule has 3 aromatic rings. The lowest BCUT2D eigenvalue weighted by Crippen LogP contribution is -2.44. The molecule has 1 fully saturated rings. The van der Waals surface area contributed by atoms with Gasteiger partial charge in [0.1, 0.15) is 0 Å². The number of alkyl halides is 2. The van der Waals surface area contributed by atoms with E-state index < -0.39 is 5.92 Å². The zero-order valence-electron chi connectivity index (χ0n) is 29.1. The number of benzene rings is 3. The van der Waals surface area contributed by atoms with Gasteiger partial charge in [0.2, 0.25) is 0 Å². The van der Waals surface area contributed by atoms with Gasteiger partial charge in [0.25, 0.3) is 18.3 Å². The minimum absolute atomic E-state index is 0. The largest absolute Gasteiger partial charge is 0.471 e. The van der Waals surface area contributed by atoms with Crippen molar-refractivity contribution in [3.63, 3.8) is 0 Å². The second kappa shape index (κ2) is 18.1. The Balaban J connectivity index is 0.00000123. The van der Waals surface area contributed by atoms with Gasteiger partial charge in [-0.1, -0.05) is 73.2 Å². The number of amides is 1. The van der Waals surface area contributed by atoms with Crippen molar-refractivity contribution in [1.82, 2.24) is 10.2 Å². The number of carbonyl (C=O) groups is 2. The normalized spacial score (nSPS) is 17.6. The van der Waals surface area contributed by atoms with Crippen LogP contribution in [0.25, 0.3) is 5.57 Å². The summed E-state index contributed by atoms with van der Waals surface area (Å²) in [4.78, 5) is 24.9. The third kappa shape index (κ3) is 10.8. The van der Waals surface area contributed by atoms with Gasteiger partial charge in [-0.25, -0.2) is 8.78 Å². The maximum atomic E-state index is 13.7. The number of allylic oxidation sites excluding steroid dienone is 2. The molecule has 48 heavy (non-hydrogen) atoms. The Labute approximate surface area is 287 Å². The molecule has 1 saturated heterocycles. The van der Waals surface area contributed by atoms with Gasteiger partial charge >= 0.3 is 0 Å². The smallest absolute Gasteiger partial charge is 0.292 e. The van der Waals surface area contributed by atoms with E-state index in [-0.39, 0.29) is 18.9 Å². The van der Waals surface area contributed by atoms with Crippen LogP contribution in [0.1, 0.15) is 105 Å². The molecular weight excluding hydrogens is 606 g/mol.